The zero-order valence-electron chi connectivity index (χ0n) is 6.17. The number of hydrogen-bond donors (Lipinski definition) is 0. The third kappa shape index (κ3) is 1.39. The van der Waals surface area contributed by atoms with Gasteiger partial charge in [0.05, 0.1) is 4.92 Å². The van der Waals surface area contributed by atoms with Gasteiger partial charge in [-0.2, -0.15) is 4.39 Å². The van der Waals surface area contributed by atoms with Crippen molar-refractivity contribution < 1.29 is 13.7 Å². The van der Waals surface area contributed by atoms with Crippen molar-refractivity contribution >= 4 is 5.69 Å². The molecule has 0 spiro atoms. The van der Waals surface area contributed by atoms with Crippen LogP contribution >= 0.6 is 0 Å². The Labute approximate surface area is 66.8 Å². The lowest BCUT2D eigenvalue weighted by Crippen LogP contribution is -1.96. The highest BCUT2D eigenvalue weighted by Gasteiger charge is 2.18. The second kappa shape index (κ2) is 2.84. The summed E-state index contributed by atoms with van der Waals surface area (Å²) >= 11 is 0. The number of rotatable bonds is 1. The molecular formula is C7H5F2NO2. The fourth-order valence-electron chi connectivity index (χ4n) is 0.839. The van der Waals surface area contributed by atoms with Crippen molar-refractivity contribution in [3.8, 4) is 0 Å². The molecule has 0 aliphatic carbocycles. The molecule has 0 aliphatic rings. The first-order valence-electron chi connectivity index (χ1n) is 3.12. The standard InChI is InChI=1S/C7H5F2NO2/c1-4-2-5(8)7(9)6(3-4)10(11)12/h2-3H,1H3. The van der Waals surface area contributed by atoms with Gasteiger partial charge < -0.3 is 0 Å². The third-order valence-corrected chi connectivity index (χ3v) is 1.35. The van der Waals surface area contributed by atoms with Crippen LogP contribution in [0.15, 0.2) is 12.1 Å². The Morgan fingerprint density at radius 3 is 2.50 bits per heavy atom. The molecule has 0 atom stereocenters. The van der Waals surface area contributed by atoms with Gasteiger partial charge in [-0.05, 0) is 18.6 Å². The van der Waals surface area contributed by atoms with Crippen molar-refractivity contribution in [1.29, 1.82) is 0 Å². The van der Waals surface area contributed by atoms with Gasteiger partial charge in [-0.15, -0.1) is 0 Å². The van der Waals surface area contributed by atoms with Crippen LogP contribution in [0.3, 0.4) is 0 Å². The maximum atomic E-state index is 12.6. The maximum absolute atomic E-state index is 12.6. The van der Waals surface area contributed by atoms with Crippen LogP contribution in [0.5, 0.6) is 0 Å². The molecule has 0 amide bonds. The molecular weight excluding hydrogens is 168 g/mol. The van der Waals surface area contributed by atoms with Gasteiger partial charge in [0.15, 0.2) is 5.82 Å². The highest BCUT2D eigenvalue weighted by Crippen LogP contribution is 2.20. The summed E-state index contributed by atoms with van der Waals surface area (Å²) in [6, 6.07) is 1.89. The number of hydrogen-bond acceptors (Lipinski definition) is 2. The first-order chi connectivity index (χ1) is 5.52. The largest absolute Gasteiger partial charge is 0.308 e. The molecule has 0 saturated heterocycles. The SMILES string of the molecule is Cc1cc(F)c(F)c([N+](=O)[O-])c1. The van der Waals surface area contributed by atoms with Crippen LogP contribution in [0.4, 0.5) is 14.5 Å². The van der Waals surface area contributed by atoms with Gasteiger partial charge in [0, 0.05) is 6.07 Å². The molecule has 1 rings (SSSR count). The summed E-state index contributed by atoms with van der Waals surface area (Å²) in [5.74, 6) is -2.60. The lowest BCUT2D eigenvalue weighted by atomic mass is 10.2. The van der Waals surface area contributed by atoms with E-state index in [1.165, 1.54) is 6.92 Å². The van der Waals surface area contributed by atoms with Crippen LogP contribution in [0.1, 0.15) is 5.56 Å². The molecule has 0 aliphatic heterocycles. The fraction of sp³-hybridized carbons (Fsp3) is 0.143. The topological polar surface area (TPSA) is 43.1 Å². The van der Waals surface area contributed by atoms with Crippen molar-refractivity contribution in [3.05, 3.63) is 39.4 Å². The molecule has 0 radical (unpaired) electrons. The minimum Gasteiger partial charge on any atom is -0.258 e. The minimum atomic E-state index is -1.41. The van der Waals surface area contributed by atoms with Gasteiger partial charge in [0.25, 0.3) is 0 Å². The second-order valence-electron chi connectivity index (χ2n) is 2.34. The summed E-state index contributed by atoms with van der Waals surface area (Å²) in [5.41, 5.74) is -0.506. The highest BCUT2D eigenvalue weighted by atomic mass is 19.2. The molecule has 3 nitrogen and oxygen atoms in total. The summed E-state index contributed by atoms with van der Waals surface area (Å²) in [7, 11) is 0. The smallest absolute Gasteiger partial charge is 0.258 e. The molecule has 12 heavy (non-hydrogen) atoms. The van der Waals surface area contributed by atoms with E-state index >= 15 is 0 Å². The van der Waals surface area contributed by atoms with E-state index in [2.05, 4.69) is 0 Å². The average Bonchev–Trinajstić information content (AvgIpc) is 1.96. The van der Waals surface area contributed by atoms with E-state index in [0.29, 0.717) is 5.56 Å². The van der Waals surface area contributed by atoms with Gasteiger partial charge in [-0.3, -0.25) is 10.1 Å². The summed E-state index contributed by atoms with van der Waals surface area (Å²) in [5, 5.41) is 10.1. The van der Waals surface area contributed by atoms with Gasteiger partial charge in [0.1, 0.15) is 0 Å². The van der Waals surface area contributed by atoms with Crippen LogP contribution in [0, 0.1) is 28.7 Å². The van der Waals surface area contributed by atoms with Crippen molar-refractivity contribution in [2.75, 3.05) is 0 Å². The number of aryl methyl sites for hydroxylation is 1. The first kappa shape index (κ1) is 8.58. The summed E-state index contributed by atoms with van der Waals surface area (Å²) in [6.07, 6.45) is 0. The van der Waals surface area contributed by atoms with Crippen LogP contribution < -0.4 is 0 Å². The fourth-order valence-corrected chi connectivity index (χ4v) is 0.839. The Hall–Kier alpha value is -1.52. The van der Waals surface area contributed by atoms with E-state index in [-0.39, 0.29) is 0 Å². The second-order valence-corrected chi connectivity index (χ2v) is 2.34. The van der Waals surface area contributed by atoms with E-state index in [9.17, 15) is 18.9 Å². The molecule has 1 aromatic rings. The molecule has 1 aromatic carbocycles. The van der Waals surface area contributed by atoms with E-state index in [1.54, 1.807) is 0 Å². The third-order valence-electron chi connectivity index (χ3n) is 1.35. The first-order valence-corrected chi connectivity index (χ1v) is 3.12. The lowest BCUT2D eigenvalue weighted by Gasteiger charge is -1.96. The monoisotopic (exact) mass is 173 g/mol. The van der Waals surface area contributed by atoms with Crippen molar-refractivity contribution in [3.63, 3.8) is 0 Å². The van der Waals surface area contributed by atoms with Crippen LogP contribution in [0.25, 0.3) is 0 Å². The Morgan fingerprint density at radius 2 is 2.00 bits per heavy atom. The van der Waals surface area contributed by atoms with E-state index < -0.39 is 22.2 Å². The van der Waals surface area contributed by atoms with E-state index in [1.807, 2.05) is 0 Å². The number of benzene rings is 1. The molecule has 0 bridgehead atoms. The number of halogens is 2. The van der Waals surface area contributed by atoms with Gasteiger partial charge in [-0.1, -0.05) is 0 Å². The minimum absolute atomic E-state index is 0.320. The Balaban J connectivity index is 3.37. The quantitative estimate of drug-likeness (QED) is 0.482. The van der Waals surface area contributed by atoms with Crippen LogP contribution in [0.2, 0.25) is 0 Å². The number of nitro benzene ring substituents is 1. The molecule has 0 saturated carbocycles. The average molecular weight is 173 g/mol. The predicted octanol–water partition coefficient (Wildman–Crippen LogP) is 2.18. The van der Waals surface area contributed by atoms with Crippen LogP contribution in [-0.2, 0) is 0 Å². The molecule has 0 fully saturated rings. The normalized spacial score (nSPS) is 9.92. The number of nitro groups is 1. The predicted molar refractivity (Wildman–Crippen MR) is 37.7 cm³/mol. The number of nitrogens with zero attached hydrogens (tertiary/aromatic N) is 1. The van der Waals surface area contributed by atoms with Gasteiger partial charge in [0.2, 0.25) is 5.82 Å². The molecule has 0 heterocycles. The summed E-state index contributed by atoms with van der Waals surface area (Å²) in [4.78, 5) is 9.17. The zero-order chi connectivity index (χ0) is 9.30. The highest BCUT2D eigenvalue weighted by molar-refractivity contribution is 5.36. The van der Waals surface area contributed by atoms with Crippen molar-refractivity contribution in [2.45, 2.75) is 6.92 Å². The maximum Gasteiger partial charge on any atom is 0.308 e. The van der Waals surface area contributed by atoms with E-state index in [4.69, 9.17) is 0 Å². The van der Waals surface area contributed by atoms with E-state index in [0.717, 1.165) is 12.1 Å². The molecule has 64 valence electrons. The molecule has 0 unspecified atom stereocenters. The lowest BCUT2D eigenvalue weighted by molar-refractivity contribution is -0.387. The zero-order valence-corrected chi connectivity index (χ0v) is 6.17. The Kier molecular flexibility index (Phi) is 2.03. The molecule has 0 N–H and O–H groups in total. The van der Waals surface area contributed by atoms with Crippen molar-refractivity contribution in [1.82, 2.24) is 0 Å². The molecule has 5 heteroatoms. The van der Waals surface area contributed by atoms with Crippen molar-refractivity contribution in [2.24, 2.45) is 0 Å². The summed E-state index contributed by atoms with van der Waals surface area (Å²) in [6.45, 7) is 1.45. The summed E-state index contributed by atoms with van der Waals surface area (Å²) < 4.78 is 25.1. The van der Waals surface area contributed by atoms with Gasteiger partial charge >= 0.3 is 5.69 Å². The van der Waals surface area contributed by atoms with Gasteiger partial charge in [-0.25, -0.2) is 4.39 Å². The molecule has 0 aromatic heterocycles. The Bertz CT molecular complexity index is 338. The Morgan fingerprint density at radius 1 is 1.42 bits per heavy atom. The van der Waals surface area contributed by atoms with Crippen LogP contribution in [-0.4, -0.2) is 4.92 Å².